The third-order valence-electron chi connectivity index (χ3n) is 3.63. The molecule has 1 heterocycles. The molecule has 3 aromatic rings. The van der Waals surface area contributed by atoms with Crippen LogP contribution >= 0.6 is 38.9 Å². The Balaban J connectivity index is 2.12. The molecule has 0 N–H and O–H groups in total. The number of sulfonamides is 1. The molecule has 0 spiro atoms. The first-order valence-corrected chi connectivity index (χ1v) is 10.7. The highest BCUT2D eigenvalue weighted by molar-refractivity contribution is 9.10. The SMILES string of the molecule is Cc1sc(=NS(=O)(=O)c2ccc(Cl)cc2)n(C)c1-c1ccc(Br)cc1. The van der Waals surface area contributed by atoms with Gasteiger partial charge >= 0.3 is 0 Å². The largest absolute Gasteiger partial charge is 0.319 e. The predicted octanol–water partition coefficient (Wildman–Crippen LogP) is 4.77. The summed E-state index contributed by atoms with van der Waals surface area (Å²) in [5, 5.41) is 0.481. The summed E-state index contributed by atoms with van der Waals surface area (Å²) >= 11 is 10.6. The molecule has 0 radical (unpaired) electrons. The molecule has 0 bridgehead atoms. The van der Waals surface area contributed by atoms with Crippen LogP contribution in [0.2, 0.25) is 5.02 Å². The van der Waals surface area contributed by atoms with Gasteiger partial charge in [-0.2, -0.15) is 8.42 Å². The first-order chi connectivity index (χ1) is 11.8. The van der Waals surface area contributed by atoms with Crippen molar-refractivity contribution in [3.63, 3.8) is 0 Å². The second kappa shape index (κ2) is 7.07. The smallest absolute Gasteiger partial charge is 0.285 e. The fraction of sp³-hybridized carbons (Fsp3) is 0.118. The number of aromatic nitrogens is 1. The summed E-state index contributed by atoms with van der Waals surface area (Å²) in [5.41, 5.74) is 1.95. The van der Waals surface area contributed by atoms with Crippen molar-refractivity contribution in [1.29, 1.82) is 0 Å². The maximum Gasteiger partial charge on any atom is 0.285 e. The summed E-state index contributed by atoms with van der Waals surface area (Å²) in [6.45, 7) is 1.95. The zero-order chi connectivity index (χ0) is 18.2. The van der Waals surface area contributed by atoms with E-state index < -0.39 is 10.0 Å². The molecule has 25 heavy (non-hydrogen) atoms. The van der Waals surface area contributed by atoms with Crippen LogP contribution in [-0.4, -0.2) is 13.0 Å². The van der Waals surface area contributed by atoms with Gasteiger partial charge in [0.05, 0.1) is 10.6 Å². The molecule has 4 nitrogen and oxygen atoms in total. The topological polar surface area (TPSA) is 51.4 Å². The zero-order valence-electron chi connectivity index (χ0n) is 13.4. The summed E-state index contributed by atoms with van der Waals surface area (Å²) in [5.74, 6) is 0. The van der Waals surface area contributed by atoms with Gasteiger partial charge in [-0.25, -0.2) is 0 Å². The van der Waals surface area contributed by atoms with Gasteiger partial charge in [-0.15, -0.1) is 15.7 Å². The van der Waals surface area contributed by atoms with Crippen LogP contribution in [0.1, 0.15) is 4.88 Å². The molecule has 0 saturated heterocycles. The van der Waals surface area contributed by atoms with E-state index in [2.05, 4.69) is 20.3 Å². The molecule has 0 fully saturated rings. The van der Waals surface area contributed by atoms with Crippen LogP contribution in [0.4, 0.5) is 0 Å². The third kappa shape index (κ3) is 3.89. The average Bonchev–Trinajstić information content (AvgIpc) is 2.82. The Hall–Kier alpha value is -1.41. The van der Waals surface area contributed by atoms with E-state index in [4.69, 9.17) is 11.6 Å². The van der Waals surface area contributed by atoms with Crippen LogP contribution in [0.15, 0.2) is 62.3 Å². The fourth-order valence-electron chi connectivity index (χ4n) is 2.43. The van der Waals surface area contributed by atoms with Crippen molar-refractivity contribution in [2.24, 2.45) is 11.4 Å². The molecule has 0 aliphatic rings. The molecule has 3 rings (SSSR count). The second-order valence-electron chi connectivity index (χ2n) is 5.38. The quantitative estimate of drug-likeness (QED) is 0.569. The molecule has 0 amide bonds. The molecular formula is C17H14BrClN2O2S2. The standard InChI is InChI=1S/C17H14BrClN2O2S2/c1-11-16(12-3-5-13(18)6-4-12)21(2)17(24-11)20-25(22,23)15-9-7-14(19)8-10-15/h3-10H,1-2H3. The monoisotopic (exact) mass is 456 g/mol. The number of aryl methyl sites for hydroxylation is 1. The minimum absolute atomic E-state index is 0.119. The maximum absolute atomic E-state index is 12.5. The van der Waals surface area contributed by atoms with Crippen LogP contribution in [0.25, 0.3) is 11.3 Å². The van der Waals surface area contributed by atoms with Crippen molar-refractivity contribution in [2.45, 2.75) is 11.8 Å². The number of benzene rings is 2. The summed E-state index contributed by atoms with van der Waals surface area (Å²) in [7, 11) is -1.98. The van der Waals surface area contributed by atoms with Crippen LogP contribution in [0, 0.1) is 6.92 Å². The maximum atomic E-state index is 12.5. The molecular weight excluding hydrogens is 444 g/mol. The predicted molar refractivity (Wildman–Crippen MR) is 105 cm³/mol. The van der Waals surface area contributed by atoms with Crippen molar-refractivity contribution in [3.05, 3.63) is 67.7 Å². The highest BCUT2D eigenvalue weighted by Crippen LogP contribution is 2.26. The van der Waals surface area contributed by atoms with Crippen molar-refractivity contribution in [2.75, 3.05) is 0 Å². The lowest BCUT2D eigenvalue weighted by Gasteiger charge is -2.05. The highest BCUT2D eigenvalue weighted by Gasteiger charge is 2.15. The number of thiazole rings is 1. The van der Waals surface area contributed by atoms with E-state index in [0.29, 0.717) is 9.82 Å². The molecule has 1 aromatic heterocycles. The molecule has 130 valence electrons. The lowest BCUT2D eigenvalue weighted by molar-refractivity contribution is 0.596. The lowest BCUT2D eigenvalue weighted by Crippen LogP contribution is -2.14. The van der Waals surface area contributed by atoms with Crippen molar-refractivity contribution in [3.8, 4) is 11.3 Å². The third-order valence-corrected chi connectivity index (χ3v) is 6.85. The van der Waals surface area contributed by atoms with Crippen molar-refractivity contribution >= 4 is 48.9 Å². The first kappa shape index (κ1) is 18.4. The lowest BCUT2D eigenvalue weighted by atomic mass is 10.1. The van der Waals surface area contributed by atoms with Crippen molar-refractivity contribution < 1.29 is 8.42 Å². The summed E-state index contributed by atoms with van der Waals surface area (Å²) in [6.07, 6.45) is 0. The van der Waals surface area contributed by atoms with Crippen LogP contribution in [-0.2, 0) is 17.1 Å². The number of hydrogen-bond acceptors (Lipinski definition) is 3. The van der Waals surface area contributed by atoms with Gasteiger partial charge < -0.3 is 4.57 Å². The van der Waals surface area contributed by atoms with E-state index in [1.165, 1.54) is 35.6 Å². The molecule has 0 unspecified atom stereocenters. The van der Waals surface area contributed by atoms with Gasteiger partial charge in [0.25, 0.3) is 10.0 Å². The Morgan fingerprint density at radius 1 is 1.08 bits per heavy atom. The minimum Gasteiger partial charge on any atom is -0.319 e. The average molecular weight is 458 g/mol. The van der Waals surface area contributed by atoms with Crippen molar-refractivity contribution in [1.82, 2.24) is 4.57 Å². The van der Waals surface area contributed by atoms with E-state index in [1.807, 2.05) is 38.2 Å². The normalized spacial score (nSPS) is 12.6. The van der Waals surface area contributed by atoms with Gasteiger partial charge in [0.15, 0.2) is 0 Å². The second-order valence-corrected chi connectivity index (χ2v) is 9.51. The van der Waals surface area contributed by atoms with E-state index in [0.717, 1.165) is 20.6 Å². The summed E-state index contributed by atoms with van der Waals surface area (Å²) in [6, 6.07) is 13.9. The Labute approximate surface area is 163 Å². The Kier molecular flexibility index (Phi) is 5.20. The molecule has 0 aliphatic carbocycles. The zero-order valence-corrected chi connectivity index (χ0v) is 17.4. The minimum atomic E-state index is -3.80. The summed E-state index contributed by atoms with van der Waals surface area (Å²) in [4.78, 5) is 1.54. The van der Waals surface area contributed by atoms with Crippen LogP contribution in [0.3, 0.4) is 0 Å². The number of halogens is 2. The number of hydrogen-bond donors (Lipinski definition) is 0. The summed E-state index contributed by atoms with van der Waals surface area (Å²) < 4.78 is 31.9. The van der Waals surface area contributed by atoms with Gasteiger partial charge in [-0.05, 0) is 48.9 Å². The van der Waals surface area contributed by atoms with Gasteiger partial charge in [0, 0.05) is 21.4 Å². The first-order valence-electron chi connectivity index (χ1n) is 7.27. The molecule has 8 heteroatoms. The van der Waals surface area contributed by atoms with Gasteiger partial charge in [-0.1, -0.05) is 39.7 Å². The molecule has 0 aliphatic heterocycles. The Morgan fingerprint density at radius 2 is 1.68 bits per heavy atom. The van der Waals surface area contributed by atoms with Gasteiger partial charge in [0.2, 0.25) is 4.80 Å². The van der Waals surface area contributed by atoms with E-state index in [9.17, 15) is 8.42 Å². The van der Waals surface area contributed by atoms with Crippen LogP contribution in [0.5, 0.6) is 0 Å². The Bertz CT molecular complexity index is 1080. The fourth-order valence-corrected chi connectivity index (χ4v) is 5.03. The molecule has 0 atom stereocenters. The number of rotatable bonds is 3. The Morgan fingerprint density at radius 3 is 2.28 bits per heavy atom. The molecule has 0 saturated carbocycles. The van der Waals surface area contributed by atoms with E-state index in [-0.39, 0.29) is 4.90 Å². The number of nitrogens with zero attached hydrogens (tertiary/aromatic N) is 2. The molecule has 2 aromatic carbocycles. The van der Waals surface area contributed by atoms with E-state index in [1.54, 1.807) is 4.57 Å². The van der Waals surface area contributed by atoms with Crippen LogP contribution < -0.4 is 4.80 Å². The van der Waals surface area contributed by atoms with Gasteiger partial charge in [-0.3, -0.25) is 0 Å². The highest BCUT2D eigenvalue weighted by atomic mass is 79.9. The van der Waals surface area contributed by atoms with E-state index >= 15 is 0 Å². The van der Waals surface area contributed by atoms with Gasteiger partial charge in [0.1, 0.15) is 0 Å².